The smallest absolute Gasteiger partial charge is 0.270 e. The van der Waals surface area contributed by atoms with Gasteiger partial charge in [0.1, 0.15) is 11.5 Å². The molecule has 1 saturated heterocycles. The lowest BCUT2D eigenvalue weighted by atomic mass is 9.99. The van der Waals surface area contributed by atoms with Crippen LogP contribution < -0.4 is 10.2 Å². The normalized spacial score (nSPS) is 14.6. The summed E-state index contributed by atoms with van der Waals surface area (Å²) in [4.78, 5) is 24.5. The van der Waals surface area contributed by atoms with E-state index in [0.29, 0.717) is 18.1 Å². The molecule has 5 nitrogen and oxygen atoms in total. The molecule has 0 spiro atoms. The fraction of sp³-hybridized carbons (Fsp3) is 0.292. The number of carbonyl (C=O) groups is 1. The summed E-state index contributed by atoms with van der Waals surface area (Å²) in [6.45, 7) is 4.67. The van der Waals surface area contributed by atoms with E-state index in [9.17, 15) is 4.79 Å². The van der Waals surface area contributed by atoms with Crippen molar-refractivity contribution in [3.8, 4) is 11.4 Å². The monoisotopic (exact) mass is 386 g/mol. The van der Waals surface area contributed by atoms with Gasteiger partial charge in [-0.1, -0.05) is 67.6 Å². The fourth-order valence-electron chi connectivity index (χ4n) is 3.54. The van der Waals surface area contributed by atoms with Crippen molar-refractivity contribution >= 4 is 11.7 Å². The van der Waals surface area contributed by atoms with Crippen LogP contribution in [0.25, 0.3) is 11.4 Å². The molecule has 3 aromatic rings. The third-order valence-electron chi connectivity index (χ3n) is 5.38. The summed E-state index contributed by atoms with van der Waals surface area (Å²) < 4.78 is 0. The van der Waals surface area contributed by atoms with Gasteiger partial charge in [-0.2, -0.15) is 0 Å². The van der Waals surface area contributed by atoms with Gasteiger partial charge >= 0.3 is 0 Å². The number of anilines is 1. The van der Waals surface area contributed by atoms with E-state index in [1.165, 1.54) is 0 Å². The van der Waals surface area contributed by atoms with E-state index in [0.717, 1.165) is 48.8 Å². The Labute approximate surface area is 171 Å². The van der Waals surface area contributed by atoms with Crippen LogP contribution in [0.3, 0.4) is 0 Å². The Kier molecular flexibility index (Phi) is 5.84. The van der Waals surface area contributed by atoms with E-state index in [1.54, 1.807) is 0 Å². The molecule has 148 valence electrons. The number of nitrogens with one attached hydrogen (secondary N) is 1. The van der Waals surface area contributed by atoms with E-state index in [1.807, 2.05) is 66.7 Å². The number of carbonyl (C=O) groups excluding carboxylic acids is 1. The summed E-state index contributed by atoms with van der Waals surface area (Å²) in [6.07, 6.45) is 2.28. The summed E-state index contributed by atoms with van der Waals surface area (Å²) >= 11 is 0. The summed E-state index contributed by atoms with van der Waals surface area (Å²) in [5, 5.41) is 2.98. The lowest BCUT2D eigenvalue weighted by Crippen LogP contribution is -2.34. The minimum atomic E-state index is -0.180. The quantitative estimate of drug-likeness (QED) is 0.710. The highest BCUT2D eigenvalue weighted by Crippen LogP contribution is 2.24. The highest BCUT2D eigenvalue weighted by Gasteiger charge is 2.20. The molecule has 1 aromatic heterocycles. The Bertz CT molecular complexity index is 951. The molecule has 0 atom stereocenters. The first-order chi connectivity index (χ1) is 14.2. The predicted molar refractivity (Wildman–Crippen MR) is 116 cm³/mol. The van der Waals surface area contributed by atoms with Crippen molar-refractivity contribution in [1.82, 2.24) is 15.3 Å². The predicted octanol–water partition coefficient (Wildman–Crippen LogP) is 4.31. The van der Waals surface area contributed by atoms with E-state index in [-0.39, 0.29) is 5.91 Å². The highest BCUT2D eigenvalue weighted by atomic mass is 16.1. The lowest BCUT2D eigenvalue weighted by Gasteiger charge is -2.31. The zero-order valence-electron chi connectivity index (χ0n) is 16.7. The second-order valence-electron chi connectivity index (χ2n) is 7.64. The molecule has 2 aromatic carbocycles. The van der Waals surface area contributed by atoms with Crippen molar-refractivity contribution in [1.29, 1.82) is 0 Å². The molecule has 1 fully saturated rings. The first kappa shape index (κ1) is 19.1. The second kappa shape index (κ2) is 8.86. The van der Waals surface area contributed by atoms with Crippen LogP contribution in [-0.2, 0) is 6.54 Å². The number of piperidine rings is 1. The topological polar surface area (TPSA) is 58.1 Å². The average Bonchev–Trinajstić information content (AvgIpc) is 2.79. The van der Waals surface area contributed by atoms with Gasteiger partial charge in [0.2, 0.25) is 0 Å². The van der Waals surface area contributed by atoms with Gasteiger partial charge in [-0.15, -0.1) is 0 Å². The zero-order valence-corrected chi connectivity index (χ0v) is 16.7. The molecule has 1 amide bonds. The van der Waals surface area contributed by atoms with Crippen LogP contribution in [0.1, 0.15) is 35.8 Å². The maximum absolute atomic E-state index is 12.9. The van der Waals surface area contributed by atoms with E-state index >= 15 is 0 Å². The first-order valence-corrected chi connectivity index (χ1v) is 10.2. The maximum atomic E-state index is 12.9. The van der Waals surface area contributed by atoms with Gasteiger partial charge in [-0.25, -0.2) is 9.97 Å². The Hall–Kier alpha value is -3.21. The molecule has 0 unspecified atom stereocenters. The molecule has 1 aliphatic rings. The van der Waals surface area contributed by atoms with Crippen LogP contribution in [0.4, 0.5) is 5.82 Å². The zero-order chi connectivity index (χ0) is 20.1. The third kappa shape index (κ3) is 4.80. The number of hydrogen-bond acceptors (Lipinski definition) is 4. The fourth-order valence-corrected chi connectivity index (χ4v) is 3.54. The van der Waals surface area contributed by atoms with E-state index in [4.69, 9.17) is 4.98 Å². The lowest BCUT2D eigenvalue weighted by molar-refractivity contribution is 0.0946. The number of benzene rings is 2. The van der Waals surface area contributed by atoms with Crippen LogP contribution in [0, 0.1) is 5.92 Å². The minimum absolute atomic E-state index is 0.180. The SMILES string of the molecule is CC1CCN(c2cc(C(=O)NCc3ccccc3)nc(-c3ccccc3)n2)CC1. The molecule has 0 saturated carbocycles. The number of aromatic nitrogens is 2. The van der Waals surface area contributed by atoms with Crippen LogP contribution in [0.2, 0.25) is 0 Å². The molecule has 0 radical (unpaired) electrons. The molecule has 4 rings (SSSR count). The summed E-state index contributed by atoms with van der Waals surface area (Å²) in [6, 6.07) is 21.6. The van der Waals surface area contributed by atoms with Crippen molar-refractivity contribution in [3.63, 3.8) is 0 Å². The Morgan fingerprint density at radius 2 is 1.66 bits per heavy atom. The van der Waals surface area contributed by atoms with Crippen molar-refractivity contribution in [2.75, 3.05) is 18.0 Å². The van der Waals surface area contributed by atoms with Crippen LogP contribution in [-0.4, -0.2) is 29.0 Å². The van der Waals surface area contributed by atoms with Gasteiger partial charge in [-0.3, -0.25) is 4.79 Å². The molecule has 0 bridgehead atoms. The molecule has 2 heterocycles. The van der Waals surface area contributed by atoms with Gasteiger partial charge < -0.3 is 10.2 Å². The van der Waals surface area contributed by atoms with Crippen molar-refractivity contribution in [2.45, 2.75) is 26.3 Å². The van der Waals surface area contributed by atoms with E-state index < -0.39 is 0 Å². The Balaban J connectivity index is 1.61. The van der Waals surface area contributed by atoms with Crippen LogP contribution in [0.15, 0.2) is 66.7 Å². The highest BCUT2D eigenvalue weighted by molar-refractivity contribution is 5.93. The van der Waals surface area contributed by atoms with Crippen molar-refractivity contribution in [2.24, 2.45) is 5.92 Å². The van der Waals surface area contributed by atoms with Crippen molar-refractivity contribution < 1.29 is 4.79 Å². The standard InChI is InChI=1S/C24H26N4O/c1-18-12-14-28(15-13-18)22-16-21(24(29)25-17-19-8-4-2-5-9-19)26-23(27-22)20-10-6-3-7-11-20/h2-11,16,18H,12-15,17H2,1H3,(H,25,29). The number of rotatable bonds is 5. The summed E-state index contributed by atoms with van der Waals surface area (Å²) in [5.41, 5.74) is 2.38. The molecule has 1 N–H and O–H groups in total. The Morgan fingerprint density at radius 3 is 2.34 bits per heavy atom. The molecule has 5 heteroatoms. The number of hydrogen-bond donors (Lipinski definition) is 1. The average molecular weight is 386 g/mol. The van der Waals surface area contributed by atoms with Crippen LogP contribution in [0.5, 0.6) is 0 Å². The second-order valence-corrected chi connectivity index (χ2v) is 7.64. The third-order valence-corrected chi connectivity index (χ3v) is 5.38. The molecule has 29 heavy (non-hydrogen) atoms. The van der Waals surface area contributed by atoms with Gasteiger partial charge in [0, 0.05) is 31.3 Å². The maximum Gasteiger partial charge on any atom is 0.270 e. The molecular weight excluding hydrogens is 360 g/mol. The molecular formula is C24H26N4O. The van der Waals surface area contributed by atoms with Gasteiger partial charge in [-0.05, 0) is 24.3 Å². The Morgan fingerprint density at radius 1 is 1.00 bits per heavy atom. The number of amides is 1. The van der Waals surface area contributed by atoms with Gasteiger partial charge in [0.25, 0.3) is 5.91 Å². The molecule has 0 aliphatic carbocycles. The largest absolute Gasteiger partial charge is 0.356 e. The summed E-state index contributed by atoms with van der Waals surface area (Å²) in [5.74, 6) is 1.97. The minimum Gasteiger partial charge on any atom is -0.356 e. The van der Waals surface area contributed by atoms with E-state index in [2.05, 4.69) is 22.1 Å². The summed E-state index contributed by atoms with van der Waals surface area (Å²) in [7, 11) is 0. The van der Waals surface area contributed by atoms with Gasteiger partial charge in [0.15, 0.2) is 5.82 Å². The molecule has 1 aliphatic heterocycles. The van der Waals surface area contributed by atoms with Crippen LogP contribution >= 0.6 is 0 Å². The van der Waals surface area contributed by atoms with Crippen molar-refractivity contribution in [3.05, 3.63) is 78.0 Å². The first-order valence-electron chi connectivity index (χ1n) is 10.2. The van der Waals surface area contributed by atoms with Gasteiger partial charge in [0.05, 0.1) is 0 Å². The number of nitrogens with zero attached hydrogens (tertiary/aromatic N) is 3.